The second kappa shape index (κ2) is 7.91. The highest BCUT2D eigenvalue weighted by molar-refractivity contribution is 4.91. The van der Waals surface area contributed by atoms with Gasteiger partial charge in [0.1, 0.15) is 0 Å². The van der Waals surface area contributed by atoms with Crippen molar-refractivity contribution in [3.63, 3.8) is 0 Å². The Morgan fingerprint density at radius 3 is 2.81 bits per heavy atom. The third-order valence-electron chi connectivity index (χ3n) is 5.10. The first kappa shape index (κ1) is 17.2. The average molecular weight is 298 g/mol. The maximum absolute atomic E-state index is 9.42. The average Bonchev–Trinajstić information content (AvgIpc) is 2.44. The predicted molar refractivity (Wildman–Crippen MR) is 86.5 cm³/mol. The molecule has 4 atom stereocenters. The van der Waals surface area contributed by atoms with Crippen LogP contribution in [-0.4, -0.2) is 61.5 Å². The molecule has 0 aromatic carbocycles. The molecule has 4 heteroatoms. The lowest BCUT2D eigenvalue weighted by Crippen LogP contribution is -2.54. The van der Waals surface area contributed by atoms with Crippen molar-refractivity contribution in [2.75, 3.05) is 39.3 Å². The molecular formula is C17H34N2O2. The largest absolute Gasteiger partial charge is 0.394 e. The van der Waals surface area contributed by atoms with Crippen molar-refractivity contribution in [1.82, 2.24) is 10.2 Å². The quantitative estimate of drug-likeness (QED) is 0.786. The summed E-state index contributed by atoms with van der Waals surface area (Å²) in [5.74, 6) is 0.838. The van der Waals surface area contributed by atoms with Crippen LogP contribution in [0.5, 0.6) is 0 Å². The summed E-state index contributed by atoms with van der Waals surface area (Å²) in [5.41, 5.74) is 0.407. The zero-order valence-corrected chi connectivity index (χ0v) is 14.1. The molecule has 4 nitrogen and oxygen atoms in total. The maximum atomic E-state index is 9.42. The van der Waals surface area contributed by atoms with Crippen molar-refractivity contribution in [3.05, 3.63) is 0 Å². The Kier molecular flexibility index (Phi) is 6.48. The molecule has 1 aliphatic carbocycles. The van der Waals surface area contributed by atoms with Gasteiger partial charge in [-0.2, -0.15) is 0 Å². The van der Waals surface area contributed by atoms with Crippen LogP contribution in [0.25, 0.3) is 0 Å². The normalized spacial score (nSPS) is 38.6. The van der Waals surface area contributed by atoms with Crippen LogP contribution in [0.3, 0.4) is 0 Å². The first-order valence-corrected chi connectivity index (χ1v) is 8.76. The van der Waals surface area contributed by atoms with E-state index in [4.69, 9.17) is 4.74 Å². The summed E-state index contributed by atoms with van der Waals surface area (Å²) in [6.07, 6.45) is 5.62. The molecule has 1 saturated heterocycles. The van der Waals surface area contributed by atoms with Gasteiger partial charge in [0.2, 0.25) is 0 Å². The molecule has 2 rings (SSSR count). The second-order valence-corrected chi connectivity index (χ2v) is 7.43. The van der Waals surface area contributed by atoms with Gasteiger partial charge < -0.3 is 15.2 Å². The topological polar surface area (TPSA) is 44.7 Å². The summed E-state index contributed by atoms with van der Waals surface area (Å²) in [4.78, 5) is 2.53. The van der Waals surface area contributed by atoms with Gasteiger partial charge in [-0.25, -0.2) is 0 Å². The van der Waals surface area contributed by atoms with E-state index in [0.717, 1.165) is 38.6 Å². The molecule has 0 bridgehead atoms. The van der Waals surface area contributed by atoms with Crippen LogP contribution >= 0.6 is 0 Å². The molecule has 1 heterocycles. The van der Waals surface area contributed by atoms with Crippen LogP contribution < -0.4 is 5.32 Å². The first-order valence-electron chi connectivity index (χ1n) is 8.76. The van der Waals surface area contributed by atoms with Gasteiger partial charge in [0, 0.05) is 26.2 Å². The predicted octanol–water partition coefficient (Wildman–Crippen LogP) is 1.87. The van der Waals surface area contributed by atoms with E-state index in [-0.39, 0.29) is 18.8 Å². The van der Waals surface area contributed by atoms with Crippen LogP contribution in [0.2, 0.25) is 0 Å². The number of aliphatic hydroxyl groups is 1. The highest BCUT2D eigenvalue weighted by Gasteiger charge is 2.38. The number of nitrogens with one attached hydrogen (secondary N) is 1. The molecule has 0 aromatic rings. The maximum Gasteiger partial charge on any atom is 0.0936 e. The highest BCUT2D eigenvalue weighted by atomic mass is 16.5. The fourth-order valence-electron chi connectivity index (χ4n) is 4.36. The minimum Gasteiger partial charge on any atom is -0.394 e. The molecule has 1 aliphatic heterocycles. The standard InChI is InChI=1S/C17H34N2O2/c1-4-18-12-17(7-5-6-14(2)8-17)13-19-9-15(3)21-16(10-19)11-20/h14-16,18,20H,4-13H2,1-3H3. The Morgan fingerprint density at radius 1 is 1.33 bits per heavy atom. The van der Waals surface area contributed by atoms with Crippen molar-refractivity contribution < 1.29 is 9.84 Å². The van der Waals surface area contributed by atoms with Gasteiger partial charge in [-0.1, -0.05) is 26.7 Å². The smallest absolute Gasteiger partial charge is 0.0936 e. The van der Waals surface area contributed by atoms with Gasteiger partial charge in [0.25, 0.3) is 0 Å². The Morgan fingerprint density at radius 2 is 2.14 bits per heavy atom. The zero-order valence-electron chi connectivity index (χ0n) is 14.1. The highest BCUT2D eigenvalue weighted by Crippen LogP contribution is 2.40. The molecule has 0 radical (unpaired) electrons. The molecule has 2 N–H and O–H groups in total. The van der Waals surface area contributed by atoms with Crippen molar-refractivity contribution in [2.45, 2.75) is 58.7 Å². The molecule has 1 saturated carbocycles. The molecule has 0 spiro atoms. The summed E-state index contributed by atoms with van der Waals surface area (Å²) >= 11 is 0. The number of hydrogen-bond donors (Lipinski definition) is 2. The van der Waals surface area contributed by atoms with Crippen molar-refractivity contribution in [3.8, 4) is 0 Å². The summed E-state index contributed by atoms with van der Waals surface area (Å²) in [6.45, 7) is 12.1. The van der Waals surface area contributed by atoms with Crippen LogP contribution in [0.4, 0.5) is 0 Å². The van der Waals surface area contributed by atoms with E-state index in [0.29, 0.717) is 5.41 Å². The van der Waals surface area contributed by atoms with Crippen molar-refractivity contribution >= 4 is 0 Å². The van der Waals surface area contributed by atoms with Crippen LogP contribution in [0.15, 0.2) is 0 Å². The number of aliphatic hydroxyl groups excluding tert-OH is 1. The van der Waals surface area contributed by atoms with E-state index in [1.165, 1.54) is 25.7 Å². The molecule has 2 aliphatic rings. The van der Waals surface area contributed by atoms with E-state index in [1.54, 1.807) is 0 Å². The summed E-state index contributed by atoms with van der Waals surface area (Å²) in [7, 11) is 0. The Bertz CT molecular complexity index is 313. The SMILES string of the molecule is CCNCC1(CN2CC(C)OC(CO)C2)CCCC(C)C1. The minimum absolute atomic E-state index is 0.00838. The summed E-state index contributed by atoms with van der Waals surface area (Å²) < 4.78 is 5.78. The van der Waals surface area contributed by atoms with E-state index in [1.807, 2.05) is 0 Å². The van der Waals surface area contributed by atoms with E-state index in [9.17, 15) is 5.11 Å². The Labute approximate surface area is 130 Å². The van der Waals surface area contributed by atoms with Crippen LogP contribution in [0, 0.1) is 11.3 Å². The molecule has 4 unspecified atom stereocenters. The number of nitrogens with zero attached hydrogens (tertiary/aromatic N) is 1. The fourth-order valence-corrected chi connectivity index (χ4v) is 4.36. The summed E-state index contributed by atoms with van der Waals surface area (Å²) in [6, 6.07) is 0. The van der Waals surface area contributed by atoms with E-state index < -0.39 is 0 Å². The van der Waals surface area contributed by atoms with Gasteiger partial charge in [0.05, 0.1) is 18.8 Å². The lowest BCUT2D eigenvalue weighted by atomic mass is 9.69. The monoisotopic (exact) mass is 298 g/mol. The van der Waals surface area contributed by atoms with Crippen molar-refractivity contribution in [2.24, 2.45) is 11.3 Å². The fraction of sp³-hybridized carbons (Fsp3) is 1.00. The minimum atomic E-state index is -0.00838. The van der Waals surface area contributed by atoms with Crippen LogP contribution in [-0.2, 0) is 4.74 Å². The van der Waals surface area contributed by atoms with Gasteiger partial charge in [-0.05, 0) is 37.6 Å². The molecule has 0 amide bonds. The van der Waals surface area contributed by atoms with Gasteiger partial charge in [-0.3, -0.25) is 4.90 Å². The second-order valence-electron chi connectivity index (χ2n) is 7.43. The van der Waals surface area contributed by atoms with Gasteiger partial charge in [0.15, 0.2) is 0 Å². The van der Waals surface area contributed by atoms with Gasteiger partial charge >= 0.3 is 0 Å². The molecular weight excluding hydrogens is 264 g/mol. The van der Waals surface area contributed by atoms with Crippen LogP contribution in [0.1, 0.15) is 46.5 Å². The Balaban J connectivity index is 2.00. The third kappa shape index (κ3) is 4.92. The van der Waals surface area contributed by atoms with E-state index in [2.05, 4.69) is 31.0 Å². The molecule has 0 aromatic heterocycles. The number of rotatable bonds is 6. The van der Waals surface area contributed by atoms with Crippen molar-refractivity contribution in [1.29, 1.82) is 0 Å². The zero-order chi connectivity index (χ0) is 15.3. The van der Waals surface area contributed by atoms with E-state index >= 15 is 0 Å². The number of hydrogen-bond acceptors (Lipinski definition) is 4. The molecule has 2 fully saturated rings. The third-order valence-corrected chi connectivity index (χ3v) is 5.10. The molecule has 21 heavy (non-hydrogen) atoms. The number of morpholine rings is 1. The lowest BCUT2D eigenvalue weighted by molar-refractivity contribution is -0.105. The lowest BCUT2D eigenvalue weighted by Gasteiger charge is -2.46. The number of ether oxygens (including phenoxy) is 1. The first-order chi connectivity index (χ1) is 10.1. The molecule has 124 valence electrons. The Hall–Kier alpha value is -0.160. The van der Waals surface area contributed by atoms with Gasteiger partial charge in [-0.15, -0.1) is 0 Å². The summed E-state index contributed by atoms with van der Waals surface area (Å²) in [5, 5.41) is 13.0.